The van der Waals surface area contributed by atoms with Crippen molar-refractivity contribution in [3.8, 4) is 6.07 Å². The molecule has 2 heteroatoms. The number of nitrogens with zero attached hydrogens (tertiary/aromatic N) is 1. The van der Waals surface area contributed by atoms with Crippen LogP contribution in [0.25, 0.3) is 0 Å². The minimum absolute atomic E-state index is 0.611. The highest BCUT2D eigenvalue weighted by atomic mass is 16.5. The first-order chi connectivity index (χ1) is 4.91. The highest BCUT2D eigenvalue weighted by molar-refractivity contribution is 4.67. The fourth-order valence-corrected chi connectivity index (χ4v) is 0.398. The minimum Gasteiger partial charge on any atom is -0.382 e. The Morgan fingerprint density at radius 2 is 2.00 bits per heavy atom. The van der Waals surface area contributed by atoms with Crippen LogP contribution >= 0.6 is 0 Å². The van der Waals surface area contributed by atoms with E-state index in [1.54, 1.807) is 0 Å². The molecule has 0 aromatic carbocycles. The van der Waals surface area contributed by atoms with E-state index in [2.05, 4.69) is 0 Å². The van der Waals surface area contributed by atoms with Crippen LogP contribution in [0, 0.1) is 11.3 Å². The molecule has 0 amide bonds. The van der Waals surface area contributed by atoms with Gasteiger partial charge in [0.15, 0.2) is 0 Å². The van der Waals surface area contributed by atoms with Crippen LogP contribution in [-0.2, 0) is 4.74 Å². The van der Waals surface area contributed by atoms with Gasteiger partial charge in [-0.15, -0.1) is 0 Å². The second-order valence-corrected chi connectivity index (χ2v) is 1.46. The number of unbranched alkanes of at least 4 members (excludes halogenated alkanes) is 1. The third kappa shape index (κ3) is 15.7. The summed E-state index contributed by atoms with van der Waals surface area (Å²) in [6.07, 6.45) is 1.48. The Morgan fingerprint density at radius 1 is 1.40 bits per heavy atom. The van der Waals surface area contributed by atoms with E-state index in [-0.39, 0.29) is 0 Å². The van der Waals surface area contributed by atoms with E-state index in [1.807, 2.05) is 26.8 Å². The summed E-state index contributed by atoms with van der Waals surface area (Å²) < 4.78 is 4.98. The maximum absolute atomic E-state index is 8.06. The molecule has 0 bridgehead atoms. The average molecular weight is 143 g/mol. The SMILES string of the molecule is CC.CCOCCCC#N. The molecule has 0 radical (unpaired) electrons. The zero-order valence-electron chi connectivity index (χ0n) is 7.18. The average Bonchev–Trinajstić information content (AvgIpc) is 2.02. The van der Waals surface area contributed by atoms with Crippen LogP contribution in [0.1, 0.15) is 33.6 Å². The summed E-state index contributed by atoms with van der Waals surface area (Å²) in [6.45, 7) is 7.43. The fraction of sp³-hybridized carbons (Fsp3) is 0.875. The number of hydrogen-bond acceptors (Lipinski definition) is 2. The van der Waals surface area contributed by atoms with Gasteiger partial charge in [-0.05, 0) is 13.3 Å². The van der Waals surface area contributed by atoms with Crippen molar-refractivity contribution >= 4 is 0 Å². The van der Waals surface area contributed by atoms with Gasteiger partial charge in [-0.2, -0.15) is 5.26 Å². The van der Waals surface area contributed by atoms with Gasteiger partial charge in [0.25, 0.3) is 0 Å². The largest absolute Gasteiger partial charge is 0.382 e. The van der Waals surface area contributed by atoms with Crippen LogP contribution in [0.3, 0.4) is 0 Å². The Hall–Kier alpha value is -0.550. The first-order valence-electron chi connectivity index (χ1n) is 3.86. The van der Waals surface area contributed by atoms with Crippen LogP contribution in [-0.4, -0.2) is 13.2 Å². The van der Waals surface area contributed by atoms with Crippen molar-refractivity contribution in [1.82, 2.24) is 0 Å². The van der Waals surface area contributed by atoms with Gasteiger partial charge < -0.3 is 4.74 Å². The van der Waals surface area contributed by atoms with Gasteiger partial charge in [-0.3, -0.25) is 0 Å². The van der Waals surface area contributed by atoms with Gasteiger partial charge in [-0.1, -0.05) is 13.8 Å². The van der Waals surface area contributed by atoms with Gasteiger partial charge in [0.2, 0.25) is 0 Å². The molecule has 0 saturated heterocycles. The van der Waals surface area contributed by atoms with Gasteiger partial charge in [0, 0.05) is 19.6 Å². The van der Waals surface area contributed by atoms with Crippen molar-refractivity contribution in [1.29, 1.82) is 5.26 Å². The van der Waals surface area contributed by atoms with Gasteiger partial charge >= 0.3 is 0 Å². The van der Waals surface area contributed by atoms with Crippen LogP contribution < -0.4 is 0 Å². The predicted octanol–water partition coefficient (Wildman–Crippen LogP) is 2.35. The quantitative estimate of drug-likeness (QED) is 0.566. The summed E-state index contributed by atoms with van der Waals surface area (Å²) in [5.41, 5.74) is 0. The van der Waals surface area contributed by atoms with Crippen molar-refractivity contribution in [2.75, 3.05) is 13.2 Å². The number of hydrogen-bond donors (Lipinski definition) is 0. The number of nitriles is 1. The van der Waals surface area contributed by atoms with Gasteiger partial charge in [0.1, 0.15) is 0 Å². The predicted molar refractivity (Wildman–Crippen MR) is 42.7 cm³/mol. The second-order valence-electron chi connectivity index (χ2n) is 1.46. The molecule has 0 fully saturated rings. The zero-order chi connectivity index (χ0) is 8.24. The lowest BCUT2D eigenvalue weighted by molar-refractivity contribution is 0.146. The molecule has 0 spiro atoms. The zero-order valence-corrected chi connectivity index (χ0v) is 7.18. The summed E-state index contributed by atoms with van der Waals surface area (Å²) in [7, 11) is 0. The van der Waals surface area contributed by atoms with Crippen molar-refractivity contribution in [2.45, 2.75) is 33.6 Å². The Labute approximate surface area is 63.8 Å². The normalized spacial score (nSPS) is 7.40. The molecule has 0 atom stereocenters. The Balaban J connectivity index is 0. The van der Waals surface area contributed by atoms with Gasteiger partial charge in [-0.25, -0.2) is 0 Å². The molecule has 60 valence electrons. The van der Waals surface area contributed by atoms with E-state index >= 15 is 0 Å². The van der Waals surface area contributed by atoms with Crippen molar-refractivity contribution in [2.24, 2.45) is 0 Å². The third-order valence-corrected chi connectivity index (χ3v) is 0.781. The van der Waals surface area contributed by atoms with Crippen molar-refractivity contribution in [3.63, 3.8) is 0 Å². The van der Waals surface area contributed by atoms with E-state index in [9.17, 15) is 0 Å². The standard InChI is InChI=1S/C6H11NO.C2H6/c1-2-8-6-4-3-5-7;1-2/h2-4,6H2,1H3;1-2H3. The minimum atomic E-state index is 0.611. The number of ether oxygens (including phenoxy) is 1. The second kappa shape index (κ2) is 15.8. The summed E-state index contributed by atoms with van der Waals surface area (Å²) in [4.78, 5) is 0. The van der Waals surface area contributed by atoms with E-state index in [4.69, 9.17) is 10.00 Å². The highest BCUT2D eigenvalue weighted by Crippen LogP contribution is 1.85. The smallest absolute Gasteiger partial charge is 0.0622 e. The fourth-order valence-electron chi connectivity index (χ4n) is 0.398. The summed E-state index contributed by atoms with van der Waals surface area (Å²) in [5.74, 6) is 0. The lowest BCUT2D eigenvalue weighted by Gasteiger charge is -1.93. The maximum Gasteiger partial charge on any atom is 0.0622 e. The van der Waals surface area contributed by atoms with Crippen LogP contribution in [0.4, 0.5) is 0 Å². The Bertz CT molecular complexity index is 75.8. The third-order valence-electron chi connectivity index (χ3n) is 0.781. The van der Waals surface area contributed by atoms with E-state index < -0.39 is 0 Å². The van der Waals surface area contributed by atoms with Crippen molar-refractivity contribution < 1.29 is 4.74 Å². The lowest BCUT2D eigenvalue weighted by Crippen LogP contribution is -1.91. The van der Waals surface area contributed by atoms with Crippen LogP contribution in [0.2, 0.25) is 0 Å². The van der Waals surface area contributed by atoms with E-state index in [0.717, 1.165) is 19.6 Å². The molecule has 0 aliphatic carbocycles. The lowest BCUT2D eigenvalue weighted by atomic mass is 10.3. The summed E-state index contributed by atoms with van der Waals surface area (Å²) in [6, 6.07) is 2.05. The topological polar surface area (TPSA) is 33.0 Å². The first-order valence-corrected chi connectivity index (χ1v) is 3.86. The molecule has 2 nitrogen and oxygen atoms in total. The molecule has 0 aliphatic rings. The molecule has 0 aliphatic heterocycles. The maximum atomic E-state index is 8.06. The molecule has 0 aromatic rings. The summed E-state index contributed by atoms with van der Waals surface area (Å²) >= 11 is 0. The Kier molecular flexibility index (Phi) is 19.2. The van der Waals surface area contributed by atoms with E-state index in [1.165, 1.54) is 0 Å². The van der Waals surface area contributed by atoms with Crippen LogP contribution in [0.15, 0.2) is 0 Å². The molecule has 0 N–H and O–H groups in total. The van der Waals surface area contributed by atoms with Gasteiger partial charge in [0.05, 0.1) is 6.07 Å². The molecule has 0 rings (SSSR count). The number of rotatable bonds is 4. The van der Waals surface area contributed by atoms with Crippen molar-refractivity contribution in [3.05, 3.63) is 0 Å². The molecule has 10 heavy (non-hydrogen) atoms. The monoisotopic (exact) mass is 143 g/mol. The van der Waals surface area contributed by atoms with E-state index in [0.29, 0.717) is 6.42 Å². The highest BCUT2D eigenvalue weighted by Gasteiger charge is 1.82. The molecular weight excluding hydrogens is 126 g/mol. The molecule has 0 unspecified atom stereocenters. The summed E-state index contributed by atoms with van der Waals surface area (Å²) in [5, 5.41) is 8.06. The molecular formula is C8H17NO. The molecule has 0 aromatic heterocycles. The molecule has 0 heterocycles. The van der Waals surface area contributed by atoms with Crippen LogP contribution in [0.5, 0.6) is 0 Å². The first kappa shape index (κ1) is 12.2. The Morgan fingerprint density at radius 3 is 2.40 bits per heavy atom. The molecule has 0 saturated carbocycles.